The lowest BCUT2D eigenvalue weighted by Crippen LogP contribution is -2.24. The van der Waals surface area contributed by atoms with Crippen LogP contribution in [0.25, 0.3) is 0 Å². The van der Waals surface area contributed by atoms with Crippen molar-refractivity contribution in [3.8, 4) is 5.75 Å². The third kappa shape index (κ3) is 5.00. The predicted molar refractivity (Wildman–Crippen MR) is 113 cm³/mol. The lowest BCUT2D eigenvalue weighted by atomic mass is 10.0. The van der Waals surface area contributed by atoms with Crippen molar-refractivity contribution in [1.82, 2.24) is 0 Å². The van der Waals surface area contributed by atoms with Crippen LogP contribution >= 0.6 is 0 Å². The molecule has 0 aliphatic rings. The number of carbonyl (C=O) groups excluding carboxylic acids is 3. The Hall–Kier alpha value is -3.73. The molecule has 152 valence electrons. The first-order valence-corrected chi connectivity index (χ1v) is 9.67. The molecule has 30 heavy (non-hydrogen) atoms. The Kier molecular flexibility index (Phi) is 6.75. The molecule has 0 fully saturated rings. The maximum absolute atomic E-state index is 12.5. The summed E-state index contributed by atoms with van der Waals surface area (Å²) in [5, 5.41) is 0. The molecule has 3 rings (SSSR count). The average Bonchev–Trinajstić information content (AvgIpc) is 2.79. The summed E-state index contributed by atoms with van der Waals surface area (Å²) in [7, 11) is 0. The molecule has 0 spiro atoms. The van der Waals surface area contributed by atoms with Crippen molar-refractivity contribution in [2.75, 3.05) is 6.61 Å². The summed E-state index contributed by atoms with van der Waals surface area (Å²) < 4.78 is 10.7. The van der Waals surface area contributed by atoms with Crippen LogP contribution in [0.1, 0.15) is 50.5 Å². The molecular weight excluding hydrogens is 380 g/mol. The van der Waals surface area contributed by atoms with Crippen LogP contribution in [-0.4, -0.2) is 30.2 Å². The lowest BCUT2D eigenvalue weighted by molar-refractivity contribution is 0.0318. The van der Waals surface area contributed by atoms with Crippen molar-refractivity contribution >= 4 is 17.5 Å². The van der Waals surface area contributed by atoms with Crippen LogP contribution in [0.4, 0.5) is 0 Å². The number of ketones is 2. The van der Waals surface area contributed by atoms with Gasteiger partial charge in [0.25, 0.3) is 0 Å². The van der Waals surface area contributed by atoms with Gasteiger partial charge in [-0.05, 0) is 50.2 Å². The first-order valence-electron chi connectivity index (χ1n) is 9.67. The second-order valence-electron chi connectivity index (χ2n) is 6.64. The van der Waals surface area contributed by atoms with Crippen molar-refractivity contribution in [3.05, 3.63) is 101 Å². The molecular formula is C25H22O5. The van der Waals surface area contributed by atoms with Gasteiger partial charge in [-0.2, -0.15) is 0 Å². The zero-order valence-corrected chi connectivity index (χ0v) is 16.8. The monoisotopic (exact) mass is 402 g/mol. The highest BCUT2D eigenvalue weighted by Gasteiger charge is 2.21. The van der Waals surface area contributed by atoms with Gasteiger partial charge >= 0.3 is 5.97 Å². The molecule has 0 saturated carbocycles. The van der Waals surface area contributed by atoms with E-state index in [0.717, 1.165) is 0 Å². The molecule has 0 saturated heterocycles. The number of hydrogen-bond donors (Lipinski definition) is 0. The molecule has 5 nitrogen and oxygen atoms in total. The number of benzene rings is 3. The van der Waals surface area contributed by atoms with Gasteiger partial charge in [0, 0.05) is 16.7 Å². The Balaban J connectivity index is 1.63. The van der Waals surface area contributed by atoms with Crippen molar-refractivity contribution < 1.29 is 23.9 Å². The van der Waals surface area contributed by atoms with Gasteiger partial charge in [-0.25, -0.2) is 4.79 Å². The summed E-state index contributed by atoms with van der Waals surface area (Å²) in [6, 6.07) is 21.8. The molecule has 0 heterocycles. The number of carbonyl (C=O) groups is 3. The Labute approximate surface area is 175 Å². The van der Waals surface area contributed by atoms with Gasteiger partial charge in [-0.3, -0.25) is 9.59 Å². The molecule has 0 aliphatic carbocycles. The Morgan fingerprint density at radius 3 is 1.87 bits per heavy atom. The molecule has 0 bridgehead atoms. The smallest absolute Gasteiger partial charge is 0.338 e. The summed E-state index contributed by atoms with van der Waals surface area (Å²) in [6.45, 7) is 3.95. The molecule has 0 aromatic heterocycles. The van der Waals surface area contributed by atoms with Crippen molar-refractivity contribution in [2.24, 2.45) is 0 Å². The largest absolute Gasteiger partial charge is 0.494 e. The summed E-state index contributed by atoms with van der Waals surface area (Å²) in [5.41, 5.74) is 1.74. The van der Waals surface area contributed by atoms with Crippen molar-refractivity contribution in [2.45, 2.75) is 20.0 Å². The minimum atomic E-state index is -0.943. The quantitative estimate of drug-likeness (QED) is 0.402. The van der Waals surface area contributed by atoms with E-state index in [1.165, 1.54) is 19.1 Å². The second kappa shape index (κ2) is 9.65. The Bertz CT molecular complexity index is 1020. The predicted octanol–water partition coefficient (Wildman–Crippen LogP) is 4.74. The number of esters is 1. The zero-order valence-electron chi connectivity index (χ0n) is 16.8. The van der Waals surface area contributed by atoms with Gasteiger partial charge in [0.1, 0.15) is 5.75 Å². The van der Waals surface area contributed by atoms with Gasteiger partial charge in [0.15, 0.2) is 11.9 Å². The summed E-state index contributed by atoms with van der Waals surface area (Å²) in [4.78, 5) is 37.4. The molecule has 1 atom stereocenters. The summed E-state index contributed by atoms with van der Waals surface area (Å²) in [5.74, 6) is -0.388. The van der Waals surface area contributed by atoms with Gasteiger partial charge in [0.2, 0.25) is 5.78 Å². The third-order valence-electron chi connectivity index (χ3n) is 4.52. The Morgan fingerprint density at radius 2 is 1.27 bits per heavy atom. The van der Waals surface area contributed by atoms with Crippen LogP contribution in [0.15, 0.2) is 78.9 Å². The first kappa shape index (κ1) is 21.0. The molecule has 3 aromatic rings. The van der Waals surface area contributed by atoms with E-state index in [4.69, 9.17) is 9.47 Å². The van der Waals surface area contributed by atoms with Crippen LogP contribution in [0, 0.1) is 0 Å². The van der Waals surface area contributed by atoms with Crippen LogP contribution in [0.2, 0.25) is 0 Å². The minimum absolute atomic E-state index is 0.130. The first-order chi connectivity index (χ1) is 14.5. The second-order valence-corrected chi connectivity index (χ2v) is 6.64. The van der Waals surface area contributed by atoms with E-state index in [1.807, 2.05) is 13.0 Å². The maximum Gasteiger partial charge on any atom is 0.338 e. The number of rotatable bonds is 8. The fourth-order valence-electron chi connectivity index (χ4n) is 2.91. The zero-order chi connectivity index (χ0) is 21.5. The highest BCUT2D eigenvalue weighted by atomic mass is 16.5. The van der Waals surface area contributed by atoms with Gasteiger partial charge in [-0.15, -0.1) is 0 Å². The number of Topliss-reactive ketones (excluding diaryl/α,β-unsaturated/α-hetero) is 1. The lowest BCUT2D eigenvalue weighted by Gasteiger charge is -2.13. The highest BCUT2D eigenvalue weighted by Crippen LogP contribution is 2.16. The van der Waals surface area contributed by atoms with Crippen LogP contribution < -0.4 is 4.74 Å². The molecule has 0 aliphatic heterocycles. The Morgan fingerprint density at radius 1 is 0.733 bits per heavy atom. The van der Waals surface area contributed by atoms with E-state index in [2.05, 4.69) is 0 Å². The molecule has 3 aromatic carbocycles. The number of ether oxygens (including phenoxy) is 2. The van der Waals surface area contributed by atoms with Crippen LogP contribution in [0.5, 0.6) is 5.75 Å². The summed E-state index contributed by atoms with van der Waals surface area (Å²) >= 11 is 0. The SMILES string of the molecule is CCOc1ccc(C(=O)[C@@H](C)OC(=O)c2ccc(C(=O)c3ccccc3)cc2)cc1. The number of hydrogen-bond acceptors (Lipinski definition) is 5. The van der Waals surface area contributed by atoms with Gasteiger partial charge in [0.05, 0.1) is 12.2 Å². The fourth-order valence-corrected chi connectivity index (χ4v) is 2.91. The molecule has 5 heteroatoms. The van der Waals surface area contributed by atoms with Gasteiger partial charge < -0.3 is 9.47 Å². The van der Waals surface area contributed by atoms with E-state index in [0.29, 0.717) is 29.0 Å². The van der Waals surface area contributed by atoms with Crippen molar-refractivity contribution in [3.63, 3.8) is 0 Å². The molecule has 0 radical (unpaired) electrons. The van der Waals surface area contributed by atoms with Crippen LogP contribution in [0.3, 0.4) is 0 Å². The normalized spacial score (nSPS) is 11.4. The van der Waals surface area contributed by atoms with E-state index < -0.39 is 12.1 Å². The molecule has 0 unspecified atom stereocenters. The van der Waals surface area contributed by atoms with Crippen molar-refractivity contribution in [1.29, 1.82) is 0 Å². The average molecular weight is 402 g/mol. The minimum Gasteiger partial charge on any atom is -0.494 e. The van der Waals surface area contributed by atoms with E-state index >= 15 is 0 Å². The van der Waals surface area contributed by atoms with E-state index in [9.17, 15) is 14.4 Å². The molecule has 0 amide bonds. The molecule has 0 N–H and O–H groups in total. The van der Waals surface area contributed by atoms with Crippen LogP contribution in [-0.2, 0) is 4.74 Å². The van der Waals surface area contributed by atoms with E-state index in [-0.39, 0.29) is 17.1 Å². The third-order valence-corrected chi connectivity index (χ3v) is 4.52. The van der Waals surface area contributed by atoms with Gasteiger partial charge in [-0.1, -0.05) is 42.5 Å². The fraction of sp³-hybridized carbons (Fsp3) is 0.160. The topological polar surface area (TPSA) is 69.7 Å². The highest BCUT2D eigenvalue weighted by molar-refractivity contribution is 6.09. The maximum atomic E-state index is 12.5. The standard InChI is InChI=1S/C25H22O5/c1-3-29-22-15-13-19(14-16-22)23(26)17(2)30-25(28)21-11-9-20(10-12-21)24(27)18-7-5-4-6-8-18/h4-17H,3H2,1-2H3/t17-/m1/s1. The van der Waals surface area contributed by atoms with E-state index in [1.54, 1.807) is 60.7 Å². The summed E-state index contributed by atoms with van der Waals surface area (Å²) in [6.07, 6.45) is -0.943.